The number of aliphatic hydroxyl groups excluding tert-OH is 1. The van der Waals surface area contributed by atoms with Crippen LogP contribution in [0.3, 0.4) is 0 Å². The van der Waals surface area contributed by atoms with E-state index in [1.807, 2.05) is 12.4 Å². The van der Waals surface area contributed by atoms with Gasteiger partial charge in [-0.25, -0.2) is 9.37 Å². The van der Waals surface area contributed by atoms with E-state index in [0.717, 1.165) is 42.8 Å². The molecule has 1 aliphatic heterocycles. The monoisotopic (exact) mass is 352 g/mol. The van der Waals surface area contributed by atoms with E-state index in [4.69, 9.17) is 0 Å². The Bertz CT molecular complexity index is 852. The van der Waals surface area contributed by atoms with Gasteiger partial charge in [-0.3, -0.25) is 0 Å². The van der Waals surface area contributed by atoms with Gasteiger partial charge in [0.25, 0.3) is 0 Å². The lowest BCUT2D eigenvalue weighted by Gasteiger charge is -2.48. The number of hydrogen-bond donors (Lipinski definition) is 1. The number of rotatable bonds is 4. The maximum absolute atomic E-state index is 13.3. The SMILES string of the molecule is C=CC[C@H](O)[C@H]1CCCC2=Cc3c(-c4ccc(F)cc4)ncn3C[C@@]21C. The topological polar surface area (TPSA) is 38.1 Å². The fourth-order valence-electron chi connectivity index (χ4n) is 4.78. The van der Waals surface area contributed by atoms with Crippen molar-refractivity contribution in [1.29, 1.82) is 0 Å². The summed E-state index contributed by atoms with van der Waals surface area (Å²) in [6.45, 7) is 6.88. The molecule has 1 aromatic heterocycles. The van der Waals surface area contributed by atoms with E-state index < -0.39 is 0 Å². The Morgan fingerprint density at radius 2 is 2.19 bits per heavy atom. The zero-order valence-corrected chi connectivity index (χ0v) is 15.2. The summed E-state index contributed by atoms with van der Waals surface area (Å²) in [6.07, 6.45) is 9.40. The Labute approximate surface area is 153 Å². The average molecular weight is 352 g/mol. The van der Waals surface area contributed by atoms with Gasteiger partial charge < -0.3 is 9.67 Å². The van der Waals surface area contributed by atoms with Crippen LogP contribution < -0.4 is 0 Å². The van der Waals surface area contributed by atoms with E-state index in [0.29, 0.717) is 6.42 Å². The third-order valence-electron chi connectivity index (χ3n) is 6.19. The van der Waals surface area contributed by atoms with Crippen LogP contribution in [-0.2, 0) is 6.54 Å². The molecule has 2 aromatic rings. The van der Waals surface area contributed by atoms with Gasteiger partial charge in [0.15, 0.2) is 0 Å². The molecule has 4 heteroatoms. The first-order chi connectivity index (χ1) is 12.5. The van der Waals surface area contributed by atoms with E-state index in [-0.39, 0.29) is 23.3 Å². The molecule has 1 aliphatic carbocycles. The first-order valence-corrected chi connectivity index (χ1v) is 9.34. The number of allylic oxidation sites excluding steroid dienone is 1. The minimum atomic E-state index is -0.358. The molecule has 26 heavy (non-hydrogen) atoms. The Balaban J connectivity index is 1.73. The first-order valence-electron chi connectivity index (χ1n) is 9.34. The van der Waals surface area contributed by atoms with Crippen LogP contribution in [0.5, 0.6) is 0 Å². The van der Waals surface area contributed by atoms with E-state index in [9.17, 15) is 9.50 Å². The third kappa shape index (κ3) is 2.73. The molecule has 0 saturated heterocycles. The summed E-state index contributed by atoms with van der Waals surface area (Å²) in [5.74, 6) is -0.00981. The van der Waals surface area contributed by atoms with Gasteiger partial charge in [-0.2, -0.15) is 0 Å². The van der Waals surface area contributed by atoms with Gasteiger partial charge in [0.2, 0.25) is 0 Å². The summed E-state index contributed by atoms with van der Waals surface area (Å²) in [7, 11) is 0. The zero-order chi connectivity index (χ0) is 18.3. The van der Waals surface area contributed by atoms with Crippen molar-refractivity contribution in [2.24, 2.45) is 11.3 Å². The van der Waals surface area contributed by atoms with Gasteiger partial charge in [0, 0.05) is 17.5 Å². The molecule has 4 rings (SSSR count). The number of fused-ring (bicyclic) bond motifs is 2. The lowest BCUT2D eigenvalue weighted by atomic mass is 9.61. The molecule has 0 unspecified atom stereocenters. The quantitative estimate of drug-likeness (QED) is 0.801. The second-order valence-corrected chi connectivity index (χ2v) is 7.79. The maximum Gasteiger partial charge on any atom is 0.123 e. The zero-order valence-electron chi connectivity index (χ0n) is 15.2. The molecule has 1 N–H and O–H groups in total. The lowest BCUT2D eigenvalue weighted by molar-refractivity contribution is 0.0158. The second-order valence-electron chi connectivity index (χ2n) is 7.79. The molecule has 0 radical (unpaired) electrons. The number of benzene rings is 1. The second kappa shape index (κ2) is 6.51. The standard InChI is InChI=1S/C22H25FN2O/c1-3-5-20(26)18-7-4-6-16-12-19-21(15-8-10-17(23)11-9-15)24-14-25(19)13-22(16,18)2/h3,8-12,14,18,20,26H,1,4-7,13H2,2H3/t18-,20+,22+/m1/s1. The van der Waals surface area contributed by atoms with Crippen molar-refractivity contribution in [2.75, 3.05) is 0 Å². The molecule has 2 heterocycles. The summed E-state index contributed by atoms with van der Waals surface area (Å²) < 4.78 is 15.4. The molecule has 2 aliphatic rings. The predicted molar refractivity (Wildman–Crippen MR) is 102 cm³/mol. The first kappa shape index (κ1) is 17.2. The molecule has 1 fully saturated rings. The van der Waals surface area contributed by atoms with Crippen LogP contribution in [0.4, 0.5) is 4.39 Å². The molecule has 0 spiro atoms. The van der Waals surface area contributed by atoms with Crippen molar-refractivity contribution in [3.63, 3.8) is 0 Å². The van der Waals surface area contributed by atoms with Crippen molar-refractivity contribution < 1.29 is 9.50 Å². The van der Waals surface area contributed by atoms with E-state index in [1.54, 1.807) is 12.1 Å². The highest BCUT2D eigenvalue weighted by molar-refractivity contribution is 5.72. The van der Waals surface area contributed by atoms with Crippen LogP contribution in [0.2, 0.25) is 0 Å². The van der Waals surface area contributed by atoms with Crippen molar-refractivity contribution in [3.8, 4) is 11.3 Å². The summed E-state index contributed by atoms with van der Waals surface area (Å²) in [5, 5.41) is 10.7. The Kier molecular flexibility index (Phi) is 4.31. The largest absolute Gasteiger partial charge is 0.392 e. The fraction of sp³-hybridized carbons (Fsp3) is 0.409. The predicted octanol–water partition coefficient (Wildman–Crippen LogP) is 4.83. The Hall–Kier alpha value is -2.20. The highest BCUT2D eigenvalue weighted by atomic mass is 19.1. The van der Waals surface area contributed by atoms with E-state index in [2.05, 4.69) is 29.1 Å². The van der Waals surface area contributed by atoms with Gasteiger partial charge in [-0.1, -0.05) is 18.6 Å². The van der Waals surface area contributed by atoms with E-state index in [1.165, 1.54) is 17.7 Å². The summed E-state index contributed by atoms with van der Waals surface area (Å²) in [5.41, 5.74) is 4.25. The Morgan fingerprint density at radius 3 is 2.92 bits per heavy atom. The van der Waals surface area contributed by atoms with Gasteiger partial charge in [0.1, 0.15) is 5.82 Å². The smallest absolute Gasteiger partial charge is 0.123 e. The number of aromatic nitrogens is 2. The highest BCUT2D eigenvalue weighted by Gasteiger charge is 2.45. The average Bonchev–Trinajstić information content (AvgIpc) is 3.01. The van der Waals surface area contributed by atoms with Crippen LogP contribution >= 0.6 is 0 Å². The number of hydrogen-bond acceptors (Lipinski definition) is 2. The number of aliphatic hydroxyl groups is 1. The normalized spacial score (nSPS) is 25.8. The van der Waals surface area contributed by atoms with Crippen LogP contribution in [0.25, 0.3) is 17.3 Å². The van der Waals surface area contributed by atoms with Crippen LogP contribution in [0.15, 0.2) is 48.8 Å². The summed E-state index contributed by atoms with van der Waals surface area (Å²) in [6, 6.07) is 6.51. The maximum atomic E-state index is 13.3. The number of imidazole rings is 1. The molecule has 1 saturated carbocycles. The molecule has 136 valence electrons. The lowest BCUT2D eigenvalue weighted by Crippen LogP contribution is -2.44. The molecule has 0 amide bonds. The van der Waals surface area contributed by atoms with Crippen LogP contribution in [0, 0.1) is 17.2 Å². The number of halogens is 1. The van der Waals surface area contributed by atoms with Crippen LogP contribution in [0.1, 0.15) is 38.3 Å². The molecule has 3 atom stereocenters. The van der Waals surface area contributed by atoms with Gasteiger partial charge >= 0.3 is 0 Å². The van der Waals surface area contributed by atoms with Gasteiger partial charge in [-0.15, -0.1) is 6.58 Å². The highest BCUT2D eigenvalue weighted by Crippen LogP contribution is 2.51. The van der Waals surface area contributed by atoms with Gasteiger partial charge in [-0.05, 0) is 61.9 Å². The van der Waals surface area contributed by atoms with Crippen LogP contribution in [-0.4, -0.2) is 20.8 Å². The summed E-state index contributed by atoms with van der Waals surface area (Å²) >= 11 is 0. The summed E-state index contributed by atoms with van der Waals surface area (Å²) in [4.78, 5) is 4.61. The minimum Gasteiger partial charge on any atom is -0.392 e. The van der Waals surface area contributed by atoms with Crippen molar-refractivity contribution >= 4 is 6.08 Å². The molecular weight excluding hydrogens is 327 g/mol. The van der Waals surface area contributed by atoms with Crippen molar-refractivity contribution in [1.82, 2.24) is 9.55 Å². The van der Waals surface area contributed by atoms with Gasteiger partial charge in [0.05, 0.1) is 23.8 Å². The van der Waals surface area contributed by atoms with E-state index >= 15 is 0 Å². The molecule has 0 bridgehead atoms. The number of nitrogens with zero attached hydrogens (tertiary/aromatic N) is 2. The molecular formula is C22H25FN2O. The minimum absolute atomic E-state index is 0.0611. The van der Waals surface area contributed by atoms with Crippen molar-refractivity contribution in [2.45, 2.75) is 45.3 Å². The third-order valence-corrected chi connectivity index (χ3v) is 6.19. The fourth-order valence-corrected chi connectivity index (χ4v) is 4.78. The molecule has 1 aromatic carbocycles. The Morgan fingerprint density at radius 1 is 1.42 bits per heavy atom. The molecule has 3 nitrogen and oxygen atoms in total. The van der Waals surface area contributed by atoms with Crippen molar-refractivity contribution in [3.05, 3.63) is 60.3 Å².